The van der Waals surface area contributed by atoms with Gasteiger partial charge in [-0.2, -0.15) is 13.2 Å². The number of aliphatic carboxylic acids is 1. The Morgan fingerprint density at radius 2 is 1.54 bits per heavy atom. The van der Waals surface area contributed by atoms with Crippen molar-refractivity contribution in [1.82, 2.24) is 10.6 Å². The number of carbonyl (C=O) groups is 2. The smallest absolute Gasteiger partial charge is 0.407 e. The molecule has 9 heteroatoms. The molecule has 188 valence electrons. The molecule has 2 aliphatic carbocycles. The number of carboxylic acids is 1. The number of hydrogen-bond acceptors (Lipinski definition) is 4. The SMILES string of the molecule is CCC[C@H](N[C@@H](c1ccc(-c2ccc(C3(C(=O)O)CC3)cc2)cc1)C(F)(F)F)C(=O)NC1(N)CC1. The van der Waals surface area contributed by atoms with E-state index in [1.807, 2.05) is 6.92 Å². The molecule has 0 spiro atoms. The lowest BCUT2D eigenvalue weighted by atomic mass is 9.93. The second kappa shape index (κ2) is 9.28. The molecule has 0 radical (unpaired) electrons. The highest BCUT2D eigenvalue weighted by Crippen LogP contribution is 2.48. The van der Waals surface area contributed by atoms with Crippen LogP contribution in [0.1, 0.15) is 62.6 Å². The van der Waals surface area contributed by atoms with Crippen molar-refractivity contribution in [2.45, 2.75) is 74.8 Å². The molecular formula is C26H30F3N3O3. The summed E-state index contributed by atoms with van der Waals surface area (Å²) in [6.07, 6.45) is -1.40. The van der Waals surface area contributed by atoms with E-state index < -0.39 is 41.2 Å². The van der Waals surface area contributed by atoms with Gasteiger partial charge < -0.3 is 16.2 Å². The summed E-state index contributed by atoms with van der Waals surface area (Å²) >= 11 is 0. The second-order valence-corrected chi connectivity index (χ2v) is 9.71. The third kappa shape index (κ3) is 5.51. The molecule has 1 amide bonds. The minimum Gasteiger partial charge on any atom is -0.481 e. The summed E-state index contributed by atoms with van der Waals surface area (Å²) < 4.78 is 42.0. The molecule has 4 rings (SSSR count). The van der Waals surface area contributed by atoms with Crippen molar-refractivity contribution in [3.63, 3.8) is 0 Å². The predicted octanol–water partition coefficient (Wildman–Crippen LogP) is 4.40. The van der Waals surface area contributed by atoms with Crippen LogP contribution in [0.3, 0.4) is 0 Å². The van der Waals surface area contributed by atoms with E-state index in [0.717, 1.165) is 11.1 Å². The van der Waals surface area contributed by atoms with Crippen molar-refractivity contribution in [2.75, 3.05) is 0 Å². The number of carboxylic acid groups (broad SMARTS) is 1. The molecule has 6 nitrogen and oxygen atoms in total. The molecule has 2 aromatic rings. The summed E-state index contributed by atoms with van der Waals surface area (Å²) in [5.74, 6) is -1.36. The molecule has 35 heavy (non-hydrogen) atoms. The van der Waals surface area contributed by atoms with Gasteiger partial charge >= 0.3 is 12.1 Å². The normalized spacial score (nSPS) is 19.5. The lowest BCUT2D eigenvalue weighted by Gasteiger charge is -2.28. The number of amides is 1. The molecular weight excluding hydrogens is 459 g/mol. The van der Waals surface area contributed by atoms with E-state index in [2.05, 4.69) is 10.6 Å². The Balaban J connectivity index is 1.51. The Labute approximate surface area is 202 Å². The van der Waals surface area contributed by atoms with Gasteiger partial charge in [-0.05, 0) is 54.4 Å². The number of rotatable bonds is 10. The molecule has 0 aliphatic heterocycles. The van der Waals surface area contributed by atoms with Crippen molar-refractivity contribution in [3.05, 3.63) is 59.7 Å². The van der Waals surface area contributed by atoms with Crippen LogP contribution in [0.4, 0.5) is 13.2 Å². The maximum Gasteiger partial charge on any atom is 0.407 e. The predicted molar refractivity (Wildman–Crippen MR) is 125 cm³/mol. The highest BCUT2D eigenvalue weighted by atomic mass is 19.4. The van der Waals surface area contributed by atoms with Crippen LogP contribution in [0.15, 0.2) is 48.5 Å². The van der Waals surface area contributed by atoms with Gasteiger partial charge in [0.25, 0.3) is 0 Å². The maximum atomic E-state index is 14.0. The largest absolute Gasteiger partial charge is 0.481 e. The quantitative estimate of drug-likeness (QED) is 0.371. The van der Waals surface area contributed by atoms with E-state index in [4.69, 9.17) is 5.73 Å². The molecule has 2 saturated carbocycles. The minimum absolute atomic E-state index is 0.00321. The van der Waals surface area contributed by atoms with Gasteiger partial charge in [0.1, 0.15) is 6.04 Å². The van der Waals surface area contributed by atoms with Gasteiger partial charge in [-0.25, -0.2) is 0 Å². The summed E-state index contributed by atoms with van der Waals surface area (Å²) in [4.78, 5) is 24.1. The van der Waals surface area contributed by atoms with Crippen LogP contribution < -0.4 is 16.4 Å². The summed E-state index contributed by atoms with van der Waals surface area (Å²) in [5.41, 5.74) is 6.53. The maximum absolute atomic E-state index is 14.0. The van der Waals surface area contributed by atoms with Crippen molar-refractivity contribution in [1.29, 1.82) is 0 Å². The first-order valence-corrected chi connectivity index (χ1v) is 11.9. The van der Waals surface area contributed by atoms with Gasteiger partial charge in [0.15, 0.2) is 0 Å². The van der Waals surface area contributed by atoms with Crippen LogP contribution in [0.5, 0.6) is 0 Å². The van der Waals surface area contributed by atoms with Gasteiger partial charge in [-0.3, -0.25) is 14.9 Å². The van der Waals surface area contributed by atoms with E-state index in [-0.39, 0.29) is 12.0 Å². The van der Waals surface area contributed by atoms with Gasteiger partial charge in [0.2, 0.25) is 5.91 Å². The lowest BCUT2D eigenvalue weighted by Crippen LogP contribution is -2.54. The fraction of sp³-hybridized carbons (Fsp3) is 0.462. The third-order valence-corrected chi connectivity index (χ3v) is 6.92. The van der Waals surface area contributed by atoms with E-state index in [9.17, 15) is 27.9 Å². The first-order chi connectivity index (χ1) is 16.5. The highest BCUT2D eigenvalue weighted by molar-refractivity contribution is 5.85. The van der Waals surface area contributed by atoms with Crippen LogP contribution in [0, 0.1) is 0 Å². The molecule has 0 heterocycles. The van der Waals surface area contributed by atoms with Crippen LogP contribution in [0.25, 0.3) is 11.1 Å². The number of nitrogens with one attached hydrogen (secondary N) is 2. The minimum atomic E-state index is -4.61. The highest BCUT2D eigenvalue weighted by Gasteiger charge is 2.51. The summed E-state index contributed by atoms with van der Waals surface area (Å²) in [6, 6.07) is 10.1. The fourth-order valence-corrected chi connectivity index (χ4v) is 4.35. The van der Waals surface area contributed by atoms with Crippen molar-refractivity contribution in [2.24, 2.45) is 5.73 Å². The monoisotopic (exact) mass is 489 g/mol. The molecule has 2 aliphatic rings. The van der Waals surface area contributed by atoms with E-state index in [1.54, 1.807) is 36.4 Å². The number of nitrogens with two attached hydrogens (primary N) is 1. The third-order valence-electron chi connectivity index (χ3n) is 6.92. The van der Waals surface area contributed by atoms with E-state index in [0.29, 0.717) is 37.7 Å². The summed E-state index contributed by atoms with van der Waals surface area (Å²) in [7, 11) is 0. The number of benzene rings is 2. The molecule has 5 N–H and O–H groups in total. The number of alkyl halides is 3. The molecule has 0 bridgehead atoms. The van der Waals surface area contributed by atoms with Crippen LogP contribution >= 0.6 is 0 Å². The van der Waals surface area contributed by atoms with E-state index >= 15 is 0 Å². The summed E-state index contributed by atoms with van der Waals surface area (Å²) in [6.45, 7) is 1.81. The van der Waals surface area contributed by atoms with Crippen molar-refractivity contribution >= 4 is 11.9 Å². The second-order valence-electron chi connectivity index (χ2n) is 9.71. The zero-order valence-corrected chi connectivity index (χ0v) is 19.5. The number of hydrogen-bond donors (Lipinski definition) is 4. The fourth-order valence-electron chi connectivity index (χ4n) is 4.35. The van der Waals surface area contributed by atoms with E-state index in [1.165, 1.54) is 12.1 Å². The zero-order chi connectivity index (χ0) is 25.4. The average Bonchev–Trinajstić information content (AvgIpc) is 3.73. The molecule has 0 saturated heterocycles. The lowest BCUT2D eigenvalue weighted by molar-refractivity contribution is -0.161. The van der Waals surface area contributed by atoms with Gasteiger partial charge in [-0.15, -0.1) is 0 Å². The molecule has 2 fully saturated rings. The Kier molecular flexibility index (Phi) is 6.68. The Hall–Kier alpha value is -2.91. The van der Waals surface area contributed by atoms with Crippen LogP contribution in [-0.4, -0.2) is 34.9 Å². The van der Waals surface area contributed by atoms with Crippen molar-refractivity contribution < 1.29 is 27.9 Å². The molecule has 0 unspecified atom stereocenters. The van der Waals surface area contributed by atoms with Gasteiger partial charge in [0.05, 0.1) is 17.1 Å². The summed E-state index contributed by atoms with van der Waals surface area (Å²) in [5, 5.41) is 14.6. The number of halogens is 3. The molecule has 2 aromatic carbocycles. The molecule has 0 aromatic heterocycles. The molecule has 2 atom stereocenters. The van der Waals surface area contributed by atoms with Crippen LogP contribution in [-0.2, 0) is 15.0 Å². The number of carbonyl (C=O) groups excluding carboxylic acids is 1. The standard InChI is InChI=1S/C26H30F3N3O3/c1-2-3-20(22(33)32-25(30)14-15-25)31-21(26(27,28)29)18-6-4-16(5-7-18)17-8-10-19(11-9-17)24(12-13-24)23(34)35/h4-11,20-21,31H,2-3,12-15,30H2,1H3,(H,32,33)(H,34,35)/t20-,21-/m0/s1. The average molecular weight is 490 g/mol. The van der Waals surface area contributed by atoms with Gasteiger partial charge in [-0.1, -0.05) is 61.9 Å². The van der Waals surface area contributed by atoms with Crippen molar-refractivity contribution in [3.8, 4) is 11.1 Å². The first-order valence-electron chi connectivity index (χ1n) is 11.9. The Morgan fingerprint density at radius 1 is 1.00 bits per heavy atom. The first kappa shape index (κ1) is 25.2. The Morgan fingerprint density at radius 3 is 1.97 bits per heavy atom. The zero-order valence-electron chi connectivity index (χ0n) is 19.5. The Bertz CT molecular complexity index is 1080. The van der Waals surface area contributed by atoms with Crippen LogP contribution in [0.2, 0.25) is 0 Å². The topological polar surface area (TPSA) is 104 Å². The van der Waals surface area contributed by atoms with Gasteiger partial charge in [0, 0.05) is 0 Å².